The van der Waals surface area contributed by atoms with Gasteiger partial charge in [0.05, 0.1) is 11.0 Å². The molecule has 5 nitrogen and oxygen atoms in total. The van der Waals surface area contributed by atoms with Gasteiger partial charge in [0.15, 0.2) is 0 Å². The topological polar surface area (TPSA) is 59.0 Å². The molecule has 0 spiro atoms. The van der Waals surface area contributed by atoms with Crippen LogP contribution in [0.2, 0.25) is 0 Å². The molecule has 19 heavy (non-hydrogen) atoms. The zero-order chi connectivity index (χ0) is 14.0. The second kappa shape index (κ2) is 5.30. The normalized spacial score (nSPS) is 11.0. The second-order valence-corrected chi connectivity index (χ2v) is 5.02. The second-order valence-electron chi connectivity index (χ2n) is 5.02. The maximum Gasteiger partial charge on any atom is 0.315 e. The van der Waals surface area contributed by atoms with Gasteiger partial charge in [0.25, 0.3) is 0 Å². The molecule has 0 radical (unpaired) electrons. The third-order valence-corrected chi connectivity index (χ3v) is 3.04. The van der Waals surface area contributed by atoms with Gasteiger partial charge in [0.1, 0.15) is 5.82 Å². The van der Waals surface area contributed by atoms with Gasteiger partial charge in [-0.05, 0) is 38.5 Å². The molecule has 1 heterocycles. The summed E-state index contributed by atoms with van der Waals surface area (Å²) in [7, 11) is 2.00. The van der Waals surface area contributed by atoms with Crippen molar-refractivity contribution in [1.82, 2.24) is 20.2 Å². The number of amides is 2. The van der Waals surface area contributed by atoms with E-state index in [2.05, 4.69) is 20.2 Å². The number of nitrogens with one attached hydrogen (secondary N) is 2. The van der Waals surface area contributed by atoms with Crippen molar-refractivity contribution in [2.24, 2.45) is 7.05 Å². The van der Waals surface area contributed by atoms with Crippen LogP contribution >= 0.6 is 0 Å². The minimum atomic E-state index is -0.146. The average Bonchev–Trinajstić information content (AvgIpc) is 2.61. The van der Waals surface area contributed by atoms with Crippen molar-refractivity contribution in [1.29, 1.82) is 0 Å². The molecular weight excluding hydrogens is 240 g/mol. The Kier molecular flexibility index (Phi) is 3.74. The van der Waals surface area contributed by atoms with Gasteiger partial charge in [-0.1, -0.05) is 6.07 Å². The van der Waals surface area contributed by atoms with E-state index in [9.17, 15) is 4.79 Å². The van der Waals surface area contributed by atoms with Gasteiger partial charge >= 0.3 is 6.03 Å². The van der Waals surface area contributed by atoms with E-state index >= 15 is 0 Å². The Balaban J connectivity index is 2.08. The Labute approximate surface area is 113 Å². The van der Waals surface area contributed by atoms with Crippen molar-refractivity contribution in [3.63, 3.8) is 0 Å². The number of fused-ring (bicyclic) bond motifs is 1. The first-order valence-electron chi connectivity index (χ1n) is 6.43. The molecule has 0 bridgehead atoms. The third kappa shape index (κ3) is 3.05. The molecule has 0 aliphatic heterocycles. The molecule has 2 rings (SSSR count). The van der Waals surface area contributed by atoms with Gasteiger partial charge < -0.3 is 15.2 Å². The first kappa shape index (κ1) is 13.4. The van der Waals surface area contributed by atoms with Crippen LogP contribution in [0.5, 0.6) is 0 Å². The van der Waals surface area contributed by atoms with Gasteiger partial charge in [-0.25, -0.2) is 9.78 Å². The molecule has 0 saturated carbocycles. The van der Waals surface area contributed by atoms with Crippen molar-refractivity contribution in [3.05, 3.63) is 29.6 Å². The number of carbonyl (C=O) groups is 1. The number of benzene rings is 1. The Morgan fingerprint density at radius 1 is 1.42 bits per heavy atom. The Bertz CT molecular complexity index is 601. The molecule has 102 valence electrons. The highest BCUT2D eigenvalue weighted by Crippen LogP contribution is 2.16. The van der Waals surface area contributed by atoms with E-state index in [0.717, 1.165) is 22.4 Å². The number of imidazole rings is 1. The van der Waals surface area contributed by atoms with Crippen LogP contribution in [0.1, 0.15) is 25.2 Å². The van der Waals surface area contributed by atoms with Crippen LogP contribution < -0.4 is 10.6 Å². The molecule has 0 saturated heterocycles. The molecule has 1 aromatic carbocycles. The van der Waals surface area contributed by atoms with Crippen molar-refractivity contribution in [2.45, 2.75) is 33.4 Å². The molecule has 5 heteroatoms. The van der Waals surface area contributed by atoms with Crippen molar-refractivity contribution < 1.29 is 4.79 Å². The Hall–Kier alpha value is -2.04. The van der Waals surface area contributed by atoms with Gasteiger partial charge in [0, 0.05) is 19.6 Å². The first-order chi connectivity index (χ1) is 8.97. The first-order valence-corrected chi connectivity index (χ1v) is 6.43. The van der Waals surface area contributed by atoms with Crippen molar-refractivity contribution >= 4 is 17.1 Å². The number of rotatable bonds is 3. The predicted octanol–water partition coefficient (Wildman–Crippen LogP) is 2.09. The van der Waals surface area contributed by atoms with E-state index in [-0.39, 0.29) is 12.1 Å². The Morgan fingerprint density at radius 3 is 2.84 bits per heavy atom. The van der Waals surface area contributed by atoms with E-state index < -0.39 is 0 Å². The van der Waals surface area contributed by atoms with Gasteiger partial charge in [-0.15, -0.1) is 0 Å². The molecule has 2 N–H and O–H groups in total. The fourth-order valence-corrected chi connectivity index (χ4v) is 1.97. The number of carbonyl (C=O) groups excluding carboxylic acids is 1. The summed E-state index contributed by atoms with van der Waals surface area (Å²) in [5.74, 6) is 0.984. The lowest BCUT2D eigenvalue weighted by atomic mass is 10.2. The number of hydrogen-bond donors (Lipinski definition) is 2. The molecule has 0 aliphatic carbocycles. The molecule has 0 atom stereocenters. The van der Waals surface area contributed by atoms with E-state index in [1.165, 1.54) is 0 Å². The summed E-state index contributed by atoms with van der Waals surface area (Å²) >= 11 is 0. The quantitative estimate of drug-likeness (QED) is 0.887. The number of aryl methyl sites for hydroxylation is 2. The fourth-order valence-electron chi connectivity index (χ4n) is 1.97. The molecule has 1 aromatic heterocycles. The lowest BCUT2D eigenvalue weighted by molar-refractivity contribution is 0.238. The smallest absolute Gasteiger partial charge is 0.315 e. The van der Waals surface area contributed by atoms with Crippen LogP contribution in [0.3, 0.4) is 0 Å². The monoisotopic (exact) mass is 260 g/mol. The largest absolute Gasteiger partial charge is 0.336 e. The SMILES string of the molecule is Cc1nc2cc(CNC(=O)NC(C)C)ccc2n1C. The lowest BCUT2D eigenvalue weighted by Crippen LogP contribution is -2.39. The lowest BCUT2D eigenvalue weighted by Gasteiger charge is -2.10. The standard InChI is InChI=1S/C14H20N4O/c1-9(2)16-14(19)15-8-11-5-6-13-12(7-11)17-10(3)18(13)4/h5-7,9H,8H2,1-4H3,(H2,15,16,19). The van der Waals surface area contributed by atoms with Gasteiger partial charge in [-0.3, -0.25) is 0 Å². The van der Waals surface area contributed by atoms with Crippen LogP contribution in [0.25, 0.3) is 11.0 Å². The van der Waals surface area contributed by atoms with Crippen LogP contribution in [-0.2, 0) is 13.6 Å². The van der Waals surface area contributed by atoms with Crippen molar-refractivity contribution in [3.8, 4) is 0 Å². The van der Waals surface area contributed by atoms with Crippen LogP contribution in [0.15, 0.2) is 18.2 Å². The highest BCUT2D eigenvalue weighted by atomic mass is 16.2. The average molecular weight is 260 g/mol. The highest BCUT2D eigenvalue weighted by Gasteiger charge is 2.06. The molecule has 2 amide bonds. The van der Waals surface area contributed by atoms with Gasteiger partial charge in [0.2, 0.25) is 0 Å². The highest BCUT2D eigenvalue weighted by molar-refractivity contribution is 5.77. The molecular formula is C14H20N4O. The number of urea groups is 1. The summed E-state index contributed by atoms with van der Waals surface area (Å²) in [6, 6.07) is 6.05. The van der Waals surface area contributed by atoms with Crippen LogP contribution in [0, 0.1) is 6.92 Å². The summed E-state index contributed by atoms with van der Waals surface area (Å²) in [6.07, 6.45) is 0. The summed E-state index contributed by atoms with van der Waals surface area (Å²) in [5.41, 5.74) is 3.11. The summed E-state index contributed by atoms with van der Waals surface area (Å²) < 4.78 is 2.05. The van der Waals surface area contributed by atoms with Crippen LogP contribution in [0.4, 0.5) is 4.79 Å². The Morgan fingerprint density at radius 2 is 2.16 bits per heavy atom. The van der Waals surface area contributed by atoms with E-state index in [1.54, 1.807) is 0 Å². The van der Waals surface area contributed by atoms with Crippen LogP contribution in [-0.4, -0.2) is 21.6 Å². The van der Waals surface area contributed by atoms with E-state index in [1.807, 2.05) is 46.0 Å². The number of nitrogens with zero attached hydrogens (tertiary/aromatic N) is 2. The number of aromatic nitrogens is 2. The molecule has 0 unspecified atom stereocenters. The zero-order valence-corrected chi connectivity index (χ0v) is 11.8. The zero-order valence-electron chi connectivity index (χ0n) is 11.8. The fraction of sp³-hybridized carbons (Fsp3) is 0.429. The minimum absolute atomic E-state index is 0.140. The maximum absolute atomic E-state index is 11.5. The summed E-state index contributed by atoms with van der Waals surface area (Å²) in [5, 5.41) is 5.63. The molecule has 2 aromatic rings. The molecule has 0 aliphatic rings. The van der Waals surface area contributed by atoms with E-state index in [0.29, 0.717) is 6.54 Å². The van der Waals surface area contributed by atoms with Crippen molar-refractivity contribution in [2.75, 3.05) is 0 Å². The summed E-state index contributed by atoms with van der Waals surface area (Å²) in [6.45, 7) is 6.35. The maximum atomic E-state index is 11.5. The third-order valence-electron chi connectivity index (χ3n) is 3.04. The van der Waals surface area contributed by atoms with Gasteiger partial charge in [-0.2, -0.15) is 0 Å². The summed E-state index contributed by atoms with van der Waals surface area (Å²) in [4.78, 5) is 16.0. The number of hydrogen-bond acceptors (Lipinski definition) is 2. The predicted molar refractivity (Wildman–Crippen MR) is 76.0 cm³/mol. The van der Waals surface area contributed by atoms with E-state index in [4.69, 9.17) is 0 Å². The minimum Gasteiger partial charge on any atom is -0.336 e. The molecule has 0 fully saturated rings.